The topological polar surface area (TPSA) is 9.23 Å². The van der Waals surface area contributed by atoms with Gasteiger partial charge in [0, 0.05) is 0 Å². The number of hydrogen-bond acceptors (Lipinski definition) is 1. The van der Waals surface area contributed by atoms with Gasteiger partial charge >= 0.3 is 0 Å². The van der Waals surface area contributed by atoms with E-state index in [2.05, 4.69) is 29.2 Å². The van der Waals surface area contributed by atoms with Gasteiger partial charge in [-0.2, -0.15) is 0 Å². The van der Waals surface area contributed by atoms with Crippen molar-refractivity contribution in [2.45, 2.75) is 13.0 Å². The summed E-state index contributed by atoms with van der Waals surface area (Å²) in [6, 6.07) is 8.17. The zero-order valence-electron chi connectivity index (χ0n) is 6.92. The molecule has 0 heterocycles. The molecule has 2 heteroatoms. The minimum atomic E-state index is 0.598. The normalized spacial score (nSPS) is 9.75. The maximum atomic E-state index is 4.89. The van der Waals surface area contributed by atoms with Gasteiger partial charge in [0.15, 0.2) is 0 Å². The summed E-state index contributed by atoms with van der Waals surface area (Å²) in [7, 11) is 2.99. The minimum absolute atomic E-state index is 0.598. The first-order valence-electron chi connectivity index (χ1n) is 3.84. The molecule has 0 saturated heterocycles. The minimum Gasteiger partial charge on any atom is -0.414 e. The molecule has 0 aromatic heterocycles. The van der Waals surface area contributed by atoms with Crippen molar-refractivity contribution in [3.05, 3.63) is 48.0 Å². The van der Waals surface area contributed by atoms with Crippen molar-refractivity contribution >= 4 is 10.5 Å². The smallest absolute Gasteiger partial charge is 0.246 e. The third kappa shape index (κ3) is 2.32. The first-order chi connectivity index (χ1) is 5.88. The second-order valence-electron chi connectivity index (χ2n) is 2.55. The first kappa shape index (κ1) is 9.23. The average molecular weight is 175 g/mol. The molecule has 0 bridgehead atoms. The van der Waals surface area contributed by atoms with Crippen LogP contribution in [-0.4, -0.2) is 10.5 Å². The summed E-state index contributed by atoms with van der Waals surface area (Å²) in [4.78, 5) is 0. The van der Waals surface area contributed by atoms with E-state index in [1.54, 1.807) is 0 Å². The molecular formula is C10H11OSi. The molecular weight excluding hydrogens is 164 g/mol. The van der Waals surface area contributed by atoms with Crippen molar-refractivity contribution in [1.29, 1.82) is 0 Å². The summed E-state index contributed by atoms with van der Waals surface area (Å²) < 4.78 is 4.89. The molecule has 0 aliphatic heterocycles. The highest BCUT2D eigenvalue weighted by Crippen LogP contribution is 2.10. The second-order valence-corrected chi connectivity index (χ2v) is 2.84. The van der Waals surface area contributed by atoms with Gasteiger partial charge in [0.2, 0.25) is 10.5 Å². The molecule has 0 unspecified atom stereocenters. The van der Waals surface area contributed by atoms with Crippen molar-refractivity contribution in [3.8, 4) is 0 Å². The van der Waals surface area contributed by atoms with Gasteiger partial charge in [0.1, 0.15) is 0 Å². The molecule has 0 aliphatic carbocycles. The zero-order valence-corrected chi connectivity index (χ0v) is 7.92. The Morgan fingerprint density at radius 1 is 1.33 bits per heavy atom. The molecule has 1 rings (SSSR count). The molecule has 0 aliphatic rings. The van der Waals surface area contributed by atoms with E-state index in [0.29, 0.717) is 6.61 Å². The van der Waals surface area contributed by atoms with Crippen LogP contribution in [0.4, 0.5) is 0 Å². The summed E-state index contributed by atoms with van der Waals surface area (Å²) in [5.41, 5.74) is 2.47. The predicted molar refractivity (Wildman–Crippen MR) is 50.9 cm³/mol. The van der Waals surface area contributed by atoms with E-state index in [9.17, 15) is 0 Å². The summed E-state index contributed by atoms with van der Waals surface area (Å²) in [6.07, 6.45) is 2.79. The number of benzene rings is 1. The Kier molecular flexibility index (Phi) is 3.77. The largest absolute Gasteiger partial charge is 0.414 e. The van der Waals surface area contributed by atoms with Crippen LogP contribution in [0.1, 0.15) is 11.1 Å². The molecule has 12 heavy (non-hydrogen) atoms. The summed E-state index contributed by atoms with van der Waals surface area (Å²) in [5, 5.41) is 0. The quantitative estimate of drug-likeness (QED) is 0.502. The molecule has 1 nitrogen and oxygen atoms in total. The van der Waals surface area contributed by atoms with Gasteiger partial charge in [-0.3, -0.25) is 0 Å². The van der Waals surface area contributed by atoms with Crippen LogP contribution in [0, 0.1) is 0 Å². The monoisotopic (exact) mass is 175 g/mol. The lowest BCUT2D eigenvalue weighted by molar-refractivity contribution is 0.337. The molecule has 0 spiro atoms. The highest BCUT2D eigenvalue weighted by atomic mass is 28.2. The van der Waals surface area contributed by atoms with Gasteiger partial charge in [-0.1, -0.05) is 30.3 Å². The number of allylic oxidation sites excluding steroid dienone is 1. The Balaban J connectivity index is 2.83. The highest BCUT2D eigenvalue weighted by Gasteiger charge is 1.97. The third-order valence-electron chi connectivity index (χ3n) is 1.71. The Bertz CT molecular complexity index is 258. The lowest BCUT2D eigenvalue weighted by Gasteiger charge is -2.05. The molecule has 61 valence electrons. The molecule has 0 fully saturated rings. The van der Waals surface area contributed by atoms with E-state index in [0.717, 1.165) is 6.42 Å². The maximum absolute atomic E-state index is 4.89. The fourth-order valence-electron chi connectivity index (χ4n) is 1.13. The van der Waals surface area contributed by atoms with Crippen LogP contribution < -0.4 is 0 Å². The molecule has 0 amide bonds. The highest BCUT2D eigenvalue weighted by molar-refractivity contribution is 5.97. The Morgan fingerprint density at radius 2 is 2.00 bits per heavy atom. The van der Waals surface area contributed by atoms with Crippen molar-refractivity contribution in [1.82, 2.24) is 0 Å². The van der Waals surface area contributed by atoms with Crippen LogP contribution in [0.2, 0.25) is 0 Å². The van der Waals surface area contributed by atoms with Crippen molar-refractivity contribution in [3.63, 3.8) is 0 Å². The van der Waals surface area contributed by atoms with E-state index in [-0.39, 0.29) is 0 Å². The Labute approximate surface area is 76.6 Å². The Morgan fingerprint density at radius 3 is 2.58 bits per heavy atom. The predicted octanol–water partition coefficient (Wildman–Crippen LogP) is 2.02. The average Bonchev–Trinajstić information content (AvgIpc) is 2.09. The molecule has 1 aromatic carbocycles. The number of hydrogen-bond donors (Lipinski definition) is 0. The Hall–Kier alpha value is -0.863. The van der Waals surface area contributed by atoms with Crippen LogP contribution >= 0.6 is 0 Å². The lowest BCUT2D eigenvalue weighted by Crippen LogP contribution is -1.94. The fourth-order valence-corrected chi connectivity index (χ4v) is 1.29. The lowest BCUT2D eigenvalue weighted by atomic mass is 10.1. The number of rotatable bonds is 4. The van der Waals surface area contributed by atoms with Crippen molar-refractivity contribution < 1.29 is 4.43 Å². The SMILES string of the molecule is C=CCc1ccccc1CO[Si]. The fraction of sp³-hybridized carbons (Fsp3) is 0.200. The molecule has 0 atom stereocenters. The van der Waals surface area contributed by atoms with Gasteiger partial charge in [-0.05, 0) is 17.5 Å². The van der Waals surface area contributed by atoms with E-state index >= 15 is 0 Å². The molecule has 1 aromatic rings. The van der Waals surface area contributed by atoms with E-state index in [1.165, 1.54) is 11.1 Å². The van der Waals surface area contributed by atoms with E-state index < -0.39 is 0 Å². The van der Waals surface area contributed by atoms with Crippen LogP contribution in [0.5, 0.6) is 0 Å². The van der Waals surface area contributed by atoms with Gasteiger partial charge < -0.3 is 4.43 Å². The van der Waals surface area contributed by atoms with Gasteiger partial charge in [0.05, 0.1) is 6.61 Å². The van der Waals surface area contributed by atoms with E-state index in [4.69, 9.17) is 4.43 Å². The van der Waals surface area contributed by atoms with Gasteiger partial charge in [-0.15, -0.1) is 6.58 Å². The maximum Gasteiger partial charge on any atom is 0.246 e. The summed E-state index contributed by atoms with van der Waals surface area (Å²) in [6.45, 7) is 4.30. The standard InChI is InChI=1S/C10H11OSi/c1-2-5-9-6-3-4-7-10(9)8-11-12/h2-4,6-7H,1,5,8H2. The molecule has 0 saturated carbocycles. The second kappa shape index (κ2) is 4.90. The van der Waals surface area contributed by atoms with Crippen LogP contribution in [0.25, 0.3) is 0 Å². The van der Waals surface area contributed by atoms with Crippen molar-refractivity contribution in [2.75, 3.05) is 0 Å². The van der Waals surface area contributed by atoms with Gasteiger partial charge in [-0.25, -0.2) is 0 Å². The van der Waals surface area contributed by atoms with Crippen LogP contribution in [-0.2, 0) is 17.5 Å². The molecule has 3 radical (unpaired) electrons. The van der Waals surface area contributed by atoms with E-state index in [1.807, 2.05) is 18.2 Å². The van der Waals surface area contributed by atoms with Crippen LogP contribution in [0.3, 0.4) is 0 Å². The van der Waals surface area contributed by atoms with Crippen LogP contribution in [0.15, 0.2) is 36.9 Å². The summed E-state index contributed by atoms with van der Waals surface area (Å²) >= 11 is 0. The summed E-state index contributed by atoms with van der Waals surface area (Å²) in [5.74, 6) is 0. The van der Waals surface area contributed by atoms with Gasteiger partial charge in [0.25, 0.3) is 0 Å². The molecule has 0 N–H and O–H groups in total. The zero-order chi connectivity index (χ0) is 8.81. The third-order valence-corrected chi connectivity index (χ3v) is 1.85. The van der Waals surface area contributed by atoms with Crippen molar-refractivity contribution in [2.24, 2.45) is 0 Å². The first-order valence-corrected chi connectivity index (χ1v) is 4.25.